The van der Waals surface area contributed by atoms with Crippen LogP contribution >= 0.6 is 0 Å². The summed E-state index contributed by atoms with van der Waals surface area (Å²) in [6, 6.07) is 2.19. The minimum absolute atomic E-state index is 0.137. The van der Waals surface area contributed by atoms with Crippen LogP contribution in [0.4, 0.5) is 13.2 Å². The smallest absolute Gasteiger partial charge is 0.350 e. The molecule has 0 aromatic carbocycles. The van der Waals surface area contributed by atoms with Crippen LogP contribution in [0.15, 0.2) is 16.9 Å². The average Bonchev–Trinajstić information content (AvgIpc) is 2.16. The van der Waals surface area contributed by atoms with Crippen molar-refractivity contribution in [2.45, 2.75) is 12.6 Å². The molecule has 1 aromatic rings. The molecule has 2 N–H and O–H groups in total. The third-order valence-corrected chi connectivity index (χ3v) is 1.61. The maximum Gasteiger partial charge on any atom is 0.390 e. The van der Waals surface area contributed by atoms with Crippen LogP contribution in [0.1, 0.15) is 16.9 Å². The van der Waals surface area contributed by atoms with Crippen molar-refractivity contribution in [3.63, 3.8) is 0 Å². The van der Waals surface area contributed by atoms with E-state index in [1.807, 2.05) is 10.4 Å². The first-order chi connectivity index (χ1) is 7.38. The van der Waals surface area contributed by atoms with Crippen molar-refractivity contribution >= 4 is 5.91 Å². The van der Waals surface area contributed by atoms with Crippen LogP contribution in [-0.4, -0.2) is 28.8 Å². The Labute approximate surface area is 87.7 Å². The number of hydrogen-bond acceptors (Lipinski definition) is 3. The standard InChI is InChI=1S/C8H8F3N3O2/c9-8(10,11)3-4-12-7(16)5-1-2-6(15)14-13-5/h1-2H,3-4H2,(H,12,16)(H,14,15). The maximum absolute atomic E-state index is 11.7. The van der Waals surface area contributed by atoms with E-state index in [1.54, 1.807) is 0 Å². The zero-order valence-corrected chi connectivity index (χ0v) is 7.97. The van der Waals surface area contributed by atoms with Crippen LogP contribution < -0.4 is 10.9 Å². The highest BCUT2D eigenvalue weighted by molar-refractivity contribution is 5.91. The first-order valence-corrected chi connectivity index (χ1v) is 4.29. The molecule has 0 saturated carbocycles. The van der Waals surface area contributed by atoms with Crippen molar-refractivity contribution in [3.8, 4) is 0 Å². The molecule has 0 fully saturated rings. The lowest BCUT2D eigenvalue weighted by atomic mass is 10.3. The van der Waals surface area contributed by atoms with Gasteiger partial charge in [-0.1, -0.05) is 0 Å². The molecule has 0 aliphatic heterocycles. The average molecular weight is 235 g/mol. The van der Waals surface area contributed by atoms with Crippen LogP contribution in [0, 0.1) is 0 Å². The number of aromatic nitrogens is 2. The van der Waals surface area contributed by atoms with E-state index in [2.05, 4.69) is 5.10 Å². The number of nitrogens with one attached hydrogen (secondary N) is 2. The molecule has 0 radical (unpaired) electrons. The van der Waals surface area contributed by atoms with E-state index < -0.39 is 30.6 Å². The maximum atomic E-state index is 11.7. The normalized spacial score (nSPS) is 11.2. The summed E-state index contributed by atoms with van der Waals surface area (Å²) in [5, 5.41) is 7.39. The fourth-order valence-corrected chi connectivity index (χ4v) is 0.879. The van der Waals surface area contributed by atoms with Gasteiger partial charge in [0.15, 0.2) is 0 Å². The summed E-state index contributed by atoms with van der Waals surface area (Å²) in [7, 11) is 0. The number of amides is 1. The number of carbonyl (C=O) groups excluding carboxylic acids is 1. The number of nitrogens with zero attached hydrogens (tertiary/aromatic N) is 1. The van der Waals surface area contributed by atoms with Crippen LogP contribution in [0.25, 0.3) is 0 Å². The summed E-state index contributed by atoms with van der Waals surface area (Å²) < 4.78 is 35.2. The van der Waals surface area contributed by atoms with Gasteiger partial charge in [-0.05, 0) is 6.07 Å². The highest BCUT2D eigenvalue weighted by atomic mass is 19.4. The number of alkyl halides is 3. The number of halogens is 3. The van der Waals surface area contributed by atoms with Crippen molar-refractivity contribution in [2.75, 3.05) is 6.54 Å². The Bertz CT molecular complexity index is 407. The molecule has 0 spiro atoms. The topological polar surface area (TPSA) is 74.8 Å². The second-order valence-corrected chi connectivity index (χ2v) is 2.93. The lowest BCUT2D eigenvalue weighted by Gasteiger charge is -2.06. The summed E-state index contributed by atoms with van der Waals surface area (Å²) in [6.07, 6.45) is -5.42. The number of H-pyrrole nitrogens is 1. The highest BCUT2D eigenvalue weighted by Crippen LogP contribution is 2.18. The molecular formula is C8H8F3N3O2. The SMILES string of the molecule is O=C(NCCC(F)(F)F)c1ccc(=O)[nH]n1. The minimum atomic E-state index is -4.31. The van der Waals surface area contributed by atoms with Gasteiger partial charge in [-0.25, -0.2) is 5.10 Å². The van der Waals surface area contributed by atoms with Crippen LogP contribution in [0.5, 0.6) is 0 Å². The molecule has 0 aliphatic rings. The van der Waals surface area contributed by atoms with Gasteiger partial charge in [-0.3, -0.25) is 9.59 Å². The van der Waals surface area contributed by atoms with Gasteiger partial charge in [0.1, 0.15) is 5.69 Å². The van der Waals surface area contributed by atoms with E-state index in [-0.39, 0.29) is 5.69 Å². The van der Waals surface area contributed by atoms with Gasteiger partial charge in [0.2, 0.25) is 0 Å². The lowest BCUT2D eigenvalue weighted by Crippen LogP contribution is -2.29. The third kappa shape index (κ3) is 4.11. The highest BCUT2D eigenvalue weighted by Gasteiger charge is 2.26. The van der Waals surface area contributed by atoms with Gasteiger partial charge in [-0.15, -0.1) is 0 Å². The molecule has 0 bridgehead atoms. The van der Waals surface area contributed by atoms with Crippen LogP contribution in [0.3, 0.4) is 0 Å². The summed E-state index contributed by atoms with van der Waals surface area (Å²) in [5.74, 6) is -0.763. The summed E-state index contributed by atoms with van der Waals surface area (Å²) >= 11 is 0. The van der Waals surface area contributed by atoms with Gasteiger partial charge < -0.3 is 5.32 Å². The molecular weight excluding hydrogens is 227 g/mol. The van der Waals surface area contributed by atoms with Crippen LogP contribution in [-0.2, 0) is 0 Å². The van der Waals surface area contributed by atoms with E-state index >= 15 is 0 Å². The largest absolute Gasteiger partial charge is 0.390 e. The Kier molecular flexibility index (Phi) is 3.64. The first-order valence-electron chi connectivity index (χ1n) is 4.29. The Balaban J connectivity index is 2.47. The molecule has 0 aliphatic carbocycles. The number of carbonyl (C=O) groups is 1. The minimum Gasteiger partial charge on any atom is -0.350 e. The second-order valence-electron chi connectivity index (χ2n) is 2.93. The van der Waals surface area contributed by atoms with Crippen molar-refractivity contribution in [1.29, 1.82) is 0 Å². The molecule has 0 atom stereocenters. The molecule has 0 saturated heterocycles. The van der Waals surface area contributed by atoms with Crippen LogP contribution in [0.2, 0.25) is 0 Å². The van der Waals surface area contributed by atoms with E-state index in [0.29, 0.717) is 0 Å². The molecule has 1 amide bonds. The molecule has 16 heavy (non-hydrogen) atoms. The third-order valence-electron chi connectivity index (χ3n) is 1.61. The molecule has 1 heterocycles. The fraction of sp³-hybridized carbons (Fsp3) is 0.375. The van der Waals surface area contributed by atoms with Gasteiger partial charge in [0, 0.05) is 12.6 Å². The van der Waals surface area contributed by atoms with E-state index in [4.69, 9.17) is 0 Å². The Morgan fingerprint density at radius 1 is 1.44 bits per heavy atom. The van der Waals surface area contributed by atoms with Gasteiger partial charge in [0.05, 0.1) is 6.42 Å². The Hall–Kier alpha value is -1.86. The number of hydrogen-bond donors (Lipinski definition) is 2. The van der Waals surface area contributed by atoms with Gasteiger partial charge in [0.25, 0.3) is 11.5 Å². The molecule has 0 unspecified atom stereocenters. The molecule has 8 heteroatoms. The lowest BCUT2D eigenvalue weighted by molar-refractivity contribution is -0.132. The molecule has 88 valence electrons. The molecule has 5 nitrogen and oxygen atoms in total. The van der Waals surface area contributed by atoms with Crippen molar-refractivity contribution in [1.82, 2.24) is 15.5 Å². The first kappa shape index (κ1) is 12.2. The van der Waals surface area contributed by atoms with E-state index in [1.165, 1.54) is 0 Å². The monoisotopic (exact) mass is 235 g/mol. The molecule has 1 aromatic heterocycles. The van der Waals surface area contributed by atoms with Crippen molar-refractivity contribution in [3.05, 3.63) is 28.2 Å². The summed E-state index contributed by atoms with van der Waals surface area (Å²) in [5.41, 5.74) is -0.631. The molecule has 1 rings (SSSR count). The zero-order chi connectivity index (χ0) is 12.2. The number of rotatable bonds is 3. The van der Waals surface area contributed by atoms with E-state index in [0.717, 1.165) is 12.1 Å². The second kappa shape index (κ2) is 4.77. The van der Waals surface area contributed by atoms with Gasteiger partial charge in [-0.2, -0.15) is 18.3 Å². The predicted octanol–water partition coefficient (Wildman–Crippen LogP) is 0.452. The Morgan fingerprint density at radius 3 is 2.62 bits per heavy atom. The summed E-state index contributed by atoms with van der Waals surface area (Å²) in [6.45, 7) is -0.525. The Morgan fingerprint density at radius 2 is 2.12 bits per heavy atom. The number of aromatic amines is 1. The quantitative estimate of drug-likeness (QED) is 0.798. The summed E-state index contributed by atoms with van der Waals surface area (Å²) in [4.78, 5) is 21.8. The zero-order valence-electron chi connectivity index (χ0n) is 7.97. The van der Waals surface area contributed by atoms with E-state index in [9.17, 15) is 22.8 Å². The fourth-order valence-electron chi connectivity index (χ4n) is 0.879. The van der Waals surface area contributed by atoms with Gasteiger partial charge >= 0.3 is 6.18 Å². The van der Waals surface area contributed by atoms with Crippen molar-refractivity contribution in [2.24, 2.45) is 0 Å². The predicted molar refractivity (Wildman–Crippen MR) is 47.9 cm³/mol. The van der Waals surface area contributed by atoms with Crippen molar-refractivity contribution < 1.29 is 18.0 Å².